The van der Waals surface area contributed by atoms with Gasteiger partial charge in [-0.25, -0.2) is 0 Å². The van der Waals surface area contributed by atoms with Crippen LogP contribution in [0.1, 0.15) is 31.2 Å². The van der Waals surface area contributed by atoms with Crippen molar-refractivity contribution in [3.63, 3.8) is 0 Å². The van der Waals surface area contributed by atoms with Crippen LogP contribution in [0.2, 0.25) is 0 Å². The number of nitrogens with one attached hydrogen (secondary N) is 1. The number of rotatable bonds is 6. The molecule has 0 fully saturated rings. The number of hydrogen-bond acceptors (Lipinski definition) is 5. The van der Waals surface area contributed by atoms with Crippen LogP contribution in [-0.2, 0) is 17.6 Å². The minimum absolute atomic E-state index is 0.0362. The highest BCUT2D eigenvalue weighted by Gasteiger charge is 2.12. The second-order valence-electron chi connectivity index (χ2n) is 5.00. The number of fused-ring (bicyclic) bond motifs is 1. The average molecular weight is 315 g/mol. The minimum Gasteiger partial charge on any atom is -0.301 e. The second kappa shape index (κ2) is 6.65. The number of anilines is 1. The van der Waals surface area contributed by atoms with Crippen LogP contribution < -0.4 is 5.32 Å². The first-order valence-electron chi connectivity index (χ1n) is 7.31. The summed E-state index contributed by atoms with van der Waals surface area (Å²) in [6.07, 6.45) is 2.97. The van der Waals surface area contributed by atoms with Gasteiger partial charge in [0.2, 0.25) is 16.0 Å². The van der Waals surface area contributed by atoms with Gasteiger partial charge < -0.3 is 5.32 Å². The van der Waals surface area contributed by atoms with Crippen LogP contribution in [0.25, 0.3) is 4.96 Å². The summed E-state index contributed by atoms with van der Waals surface area (Å²) in [5, 5.41) is 15.9. The lowest BCUT2D eigenvalue weighted by Gasteiger charge is -2.01. The Hall–Kier alpha value is -2.28. The van der Waals surface area contributed by atoms with E-state index in [2.05, 4.69) is 27.5 Å². The van der Waals surface area contributed by atoms with E-state index in [9.17, 15) is 4.79 Å². The predicted molar refractivity (Wildman–Crippen MR) is 86.0 cm³/mol. The normalized spacial score (nSPS) is 11.0. The number of carbonyl (C=O) groups is 1. The van der Waals surface area contributed by atoms with Crippen LogP contribution in [0.4, 0.5) is 5.13 Å². The van der Waals surface area contributed by atoms with E-state index in [0.717, 1.165) is 30.7 Å². The molecule has 2 heterocycles. The molecule has 6 nitrogen and oxygen atoms in total. The Kier molecular flexibility index (Phi) is 4.43. The van der Waals surface area contributed by atoms with Crippen molar-refractivity contribution in [1.82, 2.24) is 19.8 Å². The highest BCUT2D eigenvalue weighted by atomic mass is 32.1. The van der Waals surface area contributed by atoms with Crippen molar-refractivity contribution in [2.45, 2.75) is 32.6 Å². The van der Waals surface area contributed by atoms with Gasteiger partial charge in [0.05, 0.1) is 0 Å². The molecule has 0 spiro atoms. The Morgan fingerprint density at radius 1 is 1.23 bits per heavy atom. The van der Waals surface area contributed by atoms with Crippen LogP contribution in [0.5, 0.6) is 0 Å². The van der Waals surface area contributed by atoms with E-state index in [1.54, 1.807) is 4.52 Å². The van der Waals surface area contributed by atoms with Crippen LogP contribution in [0.15, 0.2) is 30.3 Å². The zero-order chi connectivity index (χ0) is 15.4. The van der Waals surface area contributed by atoms with Crippen molar-refractivity contribution in [2.24, 2.45) is 0 Å². The fourth-order valence-corrected chi connectivity index (χ4v) is 2.95. The van der Waals surface area contributed by atoms with Gasteiger partial charge in [0.1, 0.15) is 0 Å². The largest absolute Gasteiger partial charge is 0.301 e. The van der Waals surface area contributed by atoms with Gasteiger partial charge in [-0.15, -0.1) is 15.3 Å². The van der Waals surface area contributed by atoms with E-state index >= 15 is 0 Å². The molecule has 3 aromatic rings. The summed E-state index contributed by atoms with van der Waals surface area (Å²) in [5.74, 6) is 0.796. The SMILES string of the molecule is CCCc1nnc2sc(NC(=O)CCc3ccccc3)nn12. The van der Waals surface area contributed by atoms with Gasteiger partial charge >= 0.3 is 0 Å². The molecule has 1 amide bonds. The summed E-state index contributed by atoms with van der Waals surface area (Å²) in [6, 6.07) is 9.97. The fourth-order valence-electron chi connectivity index (χ4n) is 2.17. The second-order valence-corrected chi connectivity index (χ2v) is 5.96. The molecule has 0 radical (unpaired) electrons. The van der Waals surface area contributed by atoms with E-state index in [0.29, 0.717) is 16.5 Å². The summed E-state index contributed by atoms with van der Waals surface area (Å²) in [7, 11) is 0. The number of aryl methyl sites for hydroxylation is 2. The molecule has 0 atom stereocenters. The fraction of sp³-hybridized carbons (Fsp3) is 0.333. The Labute approximate surface area is 132 Å². The maximum atomic E-state index is 12.0. The zero-order valence-corrected chi connectivity index (χ0v) is 13.1. The molecular weight excluding hydrogens is 298 g/mol. The molecule has 0 aliphatic heterocycles. The van der Waals surface area contributed by atoms with Crippen molar-refractivity contribution >= 4 is 27.3 Å². The van der Waals surface area contributed by atoms with Gasteiger partial charge in [0.15, 0.2) is 5.82 Å². The van der Waals surface area contributed by atoms with Crippen LogP contribution in [-0.4, -0.2) is 25.7 Å². The van der Waals surface area contributed by atoms with Crippen molar-refractivity contribution in [3.8, 4) is 0 Å². The number of carbonyl (C=O) groups excluding carboxylic acids is 1. The van der Waals surface area contributed by atoms with Crippen molar-refractivity contribution in [3.05, 3.63) is 41.7 Å². The topological polar surface area (TPSA) is 72.2 Å². The lowest BCUT2D eigenvalue weighted by molar-refractivity contribution is -0.116. The lowest BCUT2D eigenvalue weighted by atomic mass is 10.1. The minimum atomic E-state index is -0.0362. The first-order chi connectivity index (χ1) is 10.8. The molecule has 0 aliphatic rings. The average Bonchev–Trinajstić information content (AvgIpc) is 3.08. The molecule has 0 bridgehead atoms. The molecule has 0 unspecified atom stereocenters. The maximum absolute atomic E-state index is 12.0. The van der Waals surface area contributed by atoms with Gasteiger partial charge in [0.25, 0.3) is 0 Å². The summed E-state index contributed by atoms with van der Waals surface area (Å²) in [4.78, 5) is 12.7. The summed E-state index contributed by atoms with van der Waals surface area (Å²) in [6.45, 7) is 2.08. The summed E-state index contributed by atoms with van der Waals surface area (Å²) in [5.41, 5.74) is 1.15. The molecule has 2 aromatic heterocycles. The number of benzene rings is 1. The third kappa shape index (κ3) is 3.30. The molecular formula is C15H17N5OS. The molecule has 7 heteroatoms. The molecule has 114 valence electrons. The molecule has 0 saturated carbocycles. The van der Waals surface area contributed by atoms with Crippen LogP contribution in [0, 0.1) is 0 Å². The monoisotopic (exact) mass is 315 g/mol. The quantitative estimate of drug-likeness (QED) is 0.759. The van der Waals surface area contributed by atoms with Crippen LogP contribution >= 0.6 is 11.3 Å². The van der Waals surface area contributed by atoms with Crippen molar-refractivity contribution in [1.29, 1.82) is 0 Å². The smallest absolute Gasteiger partial charge is 0.236 e. The van der Waals surface area contributed by atoms with E-state index in [1.807, 2.05) is 30.3 Å². The van der Waals surface area contributed by atoms with Gasteiger partial charge in [-0.05, 0) is 18.4 Å². The molecule has 3 rings (SSSR count). The zero-order valence-electron chi connectivity index (χ0n) is 12.3. The molecule has 1 aromatic carbocycles. The number of nitrogens with zero attached hydrogens (tertiary/aromatic N) is 4. The highest BCUT2D eigenvalue weighted by Crippen LogP contribution is 2.19. The maximum Gasteiger partial charge on any atom is 0.236 e. The Morgan fingerprint density at radius 3 is 2.82 bits per heavy atom. The third-order valence-electron chi connectivity index (χ3n) is 3.26. The summed E-state index contributed by atoms with van der Waals surface area (Å²) >= 11 is 1.34. The van der Waals surface area contributed by atoms with Gasteiger partial charge in [0, 0.05) is 12.8 Å². The van der Waals surface area contributed by atoms with E-state index in [4.69, 9.17) is 0 Å². The lowest BCUT2D eigenvalue weighted by Crippen LogP contribution is -2.12. The first-order valence-corrected chi connectivity index (χ1v) is 8.13. The third-order valence-corrected chi connectivity index (χ3v) is 4.07. The predicted octanol–water partition coefficient (Wildman–Crippen LogP) is 2.71. The van der Waals surface area contributed by atoms with Crippen LogP contribution in [0.3, 0.4) is 0 Å². The number of amides is 1. The summed E-state index contributed by atoms with van der Waals surface area (Å²) < 4.78 is 1.71. The molecule has 1 N–H and O–H groups in total. The Morgan fingerprint density at radius 2 is 2.05 bits per heavy atom. The van der Waals surface area contributed by atoms with Crippen molar-refractivity contribution in [2.75, 3.05) is 5.32 Å². The number of aromatic nitrogens is 4. The van der Waals surface area contributed by atoms with Gasteiger partial charge in [-0.2, -0.15) is 4.52 Å². The standard InChI is InChI=1S/C15H17N5OS/c1-2-6-12-17-18-15-20(12)19-14(22-15)16-13(21)10-9-11-7-4-3-5-8-11/h3-5,7-8H,2,6,9-10H2,1H3,(H,16,19,21). The Bertz CT molecular complexity index is 765. The molecule has 0 saturated heterocycles. The first kappa shape index (κ1) is 14.6. The van der Waals surface area contributed by atoms with E-state index < -0.39 is 0 Å². The van der Waals surface area contributed by atoms with E-state index in [1.165, 1.54) is 11.3 Å². The van der Waals surface area contributed by atoms with E-state index in [-0.39, 0.29) is 5.91 Å². The van der Waals surface area contributed by atoms with Gasteiger partial charge in [-0.3, -0.25) is 4.79 Å². The Balaban J connectivity index is 1.61. The highest BCUT2D eigenvalue weighted by molar-refractivity contribution is 7.20. The molecule has 22 heavy (non-hydrogen) atoms. The molecule has 0 aliphatic carbocycles. The van der Waals surface area contributed by atoms with Gasteiger partial charge in [-0.1, -0.05) is 48.6 Å². The number of hydrogen-bond donors (Lipinski definition) is 1. The van der Waals surface area contributed by atoms with Crippen molar-refractivity contribution < 1.29 is 4.79 Å².